The Bertz CT molecular complexity index is 974. The van der Waals surface area contributed by atoms with E-state index in [4.69, 9.17) is 0 Å². The second kappa shape index (κ2) is 9.22. The summed E-state index contributed by atoms with van der Waals surface area (Å²) in [6, 6.07) is 11.8. The molecule has 0 spiro atoms. The van der Waals surface area contributed by atoms with Crippen LogP contribution in [-0.4, -0.2) is 31.3 Å². The van der Waals surface area contributed by atoms with Crippen LogP contribution in [0.3, 0.4) is 0 Å². The van der Waals surface area contributed by atoms with E-state index in [-0.39, 0.29) is 5.78 Å². The molecule has 3 aromatic rings. The average Bonchev–Trinajstić information content (AvgIpc) is 3.17. The first kappa shape index (κ1) is 20.3. The summed E-state index contributed by atoms with van der Waals surface area (Å²) in [7, 11) is 0. The molecule has 1 fully saturated rings. The fraction of sp³-hybridized carbons (Fsp3) is 0.364. The van der Waals surface area contributed by atoms with Crippen molar-refractivity contribution < 1.29 is 4.79 Å². The van der Waals surface area contributed by atoms with Crippen LogP contribution in [0.25, 0.3) is 11.4 Å². The lowest BCUT2D eigenvalue weighted by Crippen LogP contribution is -2.22. The summed E-state index contributed by atoms with van der Waals surface area (Å²) < 4.78 is 3.22. The van der Waals surface area contributed by atoms with Crippen molar-refractivity contribution in [3.63, 3.8) is 0 Å². The molecule has 5 nitrogen and oxygen atoms in total. The Morgan fingerprint density at radius 3 is 2.69 bits per heavy atom. The zero-order chi connectivity index (χ0) is 20.2. The van der Waals surface area contributed by atoms with Crippen LogP contribution in [0.1, 0.15) is 49.0 Å². The largest absolute Gasteiger partial charge is 0.299 e. The van der Waals surface area contributed by atoms with Gasteiger partial charge in [-0.1, -0.05) is 59.6 Å². The average molecular weight is 471 g/mol. The molecule has 0 saturated heterocycles. The van der Waals surface area contributed by atoms with E-state index in [9.17, 15) is 4.79 Å². The Morgan fingerprint density at radius 1 is 1.17 bits per heavy atom. The van der Waals surface area contributed by atoms with E-state index in [0.717, 1.165) is 27.4 Å². The lowest BCUT2D eigenvalue weighted by molar-refractivity contribution is 0.102. The van der Waals surface area contributed by atoms with E-state index in [1.807, 2.05) is 42.6 Å². The lowest BCUT2D eigenvalue weighted by Gasteiger charge is -2.31. The van der Waals surface area contributed by atoms with Gasteiger partial charge in [-0.05, 0) is 43.0 Å². The maximum atomic E-state index is 12.7. The van der Waals surface area contributed by atoms with Crippen molar-refractivity contribution in [2.75, 3.05) is 5.75 Å². The number of hydrogen-bond donors (Lipinski definition) is 0. The monoisotopic (exact) mass is 470 g/mol. The van der Waals surface area contributed by atoms with Crippen molar-refractivity contribution in [3.8, 4) is 11.4 Å². The highest BCUT2D eigenvalue weighted by molar-refractivity contribution is 9.10. The molecule has 150 valence electrons. The van der Waals surface area contributed by atoms with Gasteiger partial charge >= 0.3 is 0 Å². The van der Waals surface area contributed by atoms with Crippen LogP contribution < -0.4 is 0 Å². The third-order valence-electron chi connectivity index (χ3n) is 5.48. The maximum Gasteiger partial charge on any atom is 0.192 e. The molecule has 1 saturated carbocycles. The van der Waals surface area contributed by atoms with E-state index >= 15 is 0 Å². The summed E-state index contributed by atoms with van der Waals surface area (Å²) in [5, 5.41) is 9.78. The minimum absolute atomic E-state index is 0.0941. The van der Waals surface area contributed by atoms with Crippen LogP contribution in [0.5, 0.6) is 0 Å². The first-order chi connectivity index (χ1) is 14.1. The number of ketones is 1. The summed E-state index contributed by atoms with van der Waals surface area (Å²) in [5.74, 6) is 1.83. The topological polar surface area (TPSA) is 60.7 Å². The van der Waals surface area contributed by atoms with Gasteiger partial charge in [-0.3, -0.25) is 14.3 Å². The predicted octanol–water partition coefficient (Wildman–Crippen LogP) is 5.83. The van der Waals surface area contributed by atoms with Crippen molar-refractivity contribution in [1.29, 1.82) is 0 Å². The Kier molecular flexibility index (Phi) is 6.45. The molecular formula is C22H23BrN4OS. The van der Waals surface area contributed by atoms with Crippen LogP contribution in [0, 0.1) is 5.92 Å². The quantitative estimate of drug-likeness (QED) is 0.335. The van der Waals surface area contributed by atoms with Crippen molar-refractivity contribution in [3.05, 3.63) is 58.8 Å². The highest BCUT2D eigenvalue weighted by Gasteiger charge is 2.29. The number of rotatable bonds is 6. The number of thioether (sulfide) groups is 1. The number of pyridine rings is 1. The SMILES string of the molecule is C[C@H]1CCCC[C@H]1n1c(SCC(=O)c2ccc(Br)cc2)nnc1-c1cccnc1. The molecule has 2 heterocycles. The van der Waals surface area contributed by atoms with Crippen LogP contribution in [0.2, 0.25) is 0 Å². The van der Waals surface area contributed by atoms with Crippen molar-refractivity contribution in [2.24, 2.45) is 5.92 Å². The van der Waals surface area contributed by atoms with Gasteiger partial charge in [0.2, 0.25) is 0 Å². The zero-order valence-corrected chi connectivity index (χ0v) is 18.7. The highest BCUT2D eigenvalue weighted by atomic mass is 79.9. The highest BCUT2D eigenvalue weighted by Crippen LogP contribution is 2.38. The predicted molar refractivity (Wildman–Crippen MR) is 119 cm³/mol. The summed E-state index contributed by atoms with van der Waals surface area (Å²) in [6.07, 6.45) is 8.39. The summed E-state index contributed by atoms with van der Waals surface area (Å²) in [6.45, 7) is 2.30. The van der Waals surface area contributed by atoms with Gasteiger partial charge in [-0.15, -0.1) is 10.2 Å². The Morgan fingerprint density at radius 2 is 1.97 bits per heavy atom. The van der Waals surface area contributed by atoms with Crippen LogP contribution >= 0.6 is 27.7 Å². The minimum Gasteiger partial charge on any atom is -0.299 e. The van der Waals surface area contributed by atoms with Gasteiger partial charge < -0.3 is 0 Å². The molecule has 29 heavy (non-hydrogen) atoms. The molecule has 0 bridgehead atoms. The van der Waals surface area contributed by atoms with E-state index in [1.165, 1.54) is 31.0 Å². The number of nitrogens with zero attached hydrogens (tertiary/aromatic N) is 4. The molecule has 0 radical (unpaired) electrons. The molecular weight excluding hydrogens is 448 g/mol. The third-order valence-corrected chi connectivity index (χ3v) is 6.95. The molecule has 1 aromatic carbocycles. The summed E-state index contributed by atoms with van der Waals surface area (Å²) >= 11 is 4.88. The van der Waals surface area contributed by atoms with Crippen LogP contribution in [0.4, 0.5) is 0 Å². The fourth-order valence-electron chi connectivity index (χ4n) is 3.90. The number of benzene rings is 1. The van der Waals surface area contributed by atoms with Crippen molar-refractivity contribution in [2.45, 2.75) is 43.8 Å². The zero-order valence-electron chi connectivity index (χ0n) is 16.3. The minimum atomic E-state index is 0.0941. The number of halogens is 1. The number of carbonyl (C=O) groups excluding carboxylic acids is 1. The van der Waals surface area contributed by atoms with Gasteiger partial charge in [0.25, 0.3) is 0 Å². The van der Waals surface area contributed by atoms with E-state index < -0.39 is 0 Å². The smallest absolute Gasteiger partial charge is 0.192 e. The normalized spacial score (nSPS) is 19.2. The van der Waals surface area contributed by atoms with Crippen molar-refractivity contribution >= 4 is 33.5 Å². The van der Waals surface area contributed by atoms with E-state index in [0.29, 0.717) is 23.3 Å². The number of Topliss-reactive ketones (excluding diaryl/α,β-unsaturated/α-hetero) is 1. The van der Waals surface area contributed by atoms with Gasteiger partial charge in [0, 0.05) is 34.0 Å². The standard InChI is InChI=1S/C22H23BrN4OS/c1-15-5-2-3-7-19(15)27-21(17-6-4-12-24-13-17)25-26-22(27)29-14-20(28)16-8-10-18(23)11-9-16/h4,6,8-13,15,19H,2-3,5,7,14H2,1H3/t15-,19+/m0/s1. The number of carbonyl (C=O) groups is 1. The van der Waals surface area contributed by atoms with Gasteiger partial charge in [-0.2, -0.15) is 0 Å². The molecule has 0 N–H and O–H groups in total. The molecule has 1 aliphatic carbocycles. The van der Waals surface area contributed by atoms with Crippen LogP contribution in [0.15, 0.2) is 58.4 Å². The fourth-order valence-corrected chi connectivity index (χ4v) is 5.05. The van der Waals surface area contributed by atoms with Crippen LogP contribution in [-0.2, 0) is 0 Å². The van der Waals surface area contributed by atoms with Crippen molar-refractivity contribution in [1.82, 2.24) is 19.7 Å². The molecule has 0 amide bonds. The Balaban J connectivity index is 1.61. The molecule has 4 rings (SSSR count). The van der Waals surface area contributed by atoms with E-state index in [1.54, 1.807) is 6.20 Å². The Hall–Kier alpha value is -1.99. The Labute approximate surface area is 183 Å². The third kappa shape index (κ3) is 4.61. The van der Waals surface area contributed by atoms with Gasteiger partial charge in [0.1, 0.15) is 0 Å². The molecule has 7 heteroatoms. The molecule has 2 atom stereocenters. The van der Waals surface area contributed by atoms with Gasteiger partial charge in [-0.25, -0.2) is 0 Å². The second-order valence-corrected chi connectivity index (χ2v) is 9.32. The molecule has 2 aromatic heterocycles. The number of hydrogen-bond acceptors (Lipinski definition) is 5. The number of aromatic nitrogens is 4. The summed E-state index contributed by atoms with van der Waals surface area (Å²) in [4.78, 5) is 16.9. The molecule has 0 unspecified atom stereocenters. The maximum absolute atomic E-state index is 12.7. The van der Waals surface area contributed by atoms with E-state index in [2.05, 4.69) is 42.6 Å². The molecule has 0 aliphatic heterocycles. The lowest BCUT2D eigenvalue weighted by atomic mass is 9.85. The van der Waals surface area contributed by atoms with Gasteiger partial charge in [0.15, 0.2) is 16.8 Å². The van der Waals surface area contributed by atoms with Gasteiger partial charge in [0.05, 0.1) is 5.75 Å². The first-order valence-electron chi connectivity index (χ1n) is 9.90. The first-order valence-corrected chi connectivity index (χ1v) is 11.7. The molecule has 1 aliphatic rings. The second-order valence-electron chi connectivity index (χ2n) is 7.47. The summed E-state index contributed by atoms with van der Waals surface area (Å²) in [5.41, 5.74) is 1.68.